The average molecular weight is 632 g/mol. The van der Waals surface area contributed by atoms with Gasteiger partial charge in [-0.15, -0.1) is 0 Å². The molecule has 0 aromatic heterocycles. The number of benzene rings is 1. The Balaban J connectivity index is 1.80. The Morgan fingerprint density at radius 2 is 1.68 bits per heavy atom. The van der Waals surface area contributed by atoms with Crippen LogP contribution in [0.4, 0.5) is 0 Å². The Morgan fingerprint density at radius 3 is 2.20 bits per heavy atom. The van der Waals surface area contributed by atoms with Gasteiger partial charge in [-0.3, -0.25) is 29.0 Å². The molecule has 4 rings (SSSR count). The first-order valence-electron chi connectivity index (χ1n) is 14.5. The van der Waals surface area contributed by atoms with Crippen LogP contribution in [-0.2, 0) is 32.1 Å². The van der Waals surface area contributed by atoms with Crippen LogP contribution in [0.15, 0.2) is 23.0 Å². The van der Waals surface area contributed by atoms with Crippen LogP contribution >= 0.6 is 11.6 Å². The maximum absolute atomic E-state index is 14.0. The number of nitrogens with two attached hydrogens (primary N) is 1. The van der Waals surface area contributed by atoms with E-state index < -0.39 is 63.6 Å². The number of aliphatic hydroxyl groups excluding tert-OH is 2. The van der Waals surface area contributed by atoms with Gasteiger partial charge in [-0.25, -0.2) is 0 Å². The second-order valence-electron chi connectivity index (χ2n) is 14.3. The number of hydrogen-bond donors (Lipinski definition) is 5. The summed E-state index contributed by atoms with van der Waals surface area (Å²) >= 11 is 6.90. The van der Waals surface area contributed by atoms with Crippen molar-refractivity contribution in [3.63, 3.8) is 0 Å². The molecule has 6 N–H and O–H groups in total. The Hall–Kier alpha value is -3.25. The molecule has 11 nitrogen and oxygen atoms in total. The van der Waals surface area contributed by atoms with Gasteiger partial charge in [-0.2, -0.15) is 0 Å². The summed E-state index contributed by atoms with van der Waals surface area (Å²) in [5.74, 6) is -7.20. The first kappa shape index (κ1) is 33.6. The standard InChI is InChI=1S/C32H42ClN3O8/c1-30(2,3)12-19(38)31(4,5)36(8)13-15-11-18(37)21-16(23(15)33)9-14-10-17-24(35(6)7)26(40)22(29(34)43)28(42)32(17,44)27(41)20(14)25(21)39/h11,14,17,24,37,39,42,44H,9-10,12-13H2,1-8H3,(H2,34,43)/t14-,17-,24-,32-/m0/s1. The summed E-state index contributed by atoms with van der Waals surface area (Å²) in [6.45, 7) is 9.80. The van der Waals surface area contributed by atoms with Crippen molar-refractivity contribution in [2.24, 2.45) is 23.0 Å². The Morgan fingerprint density at radius 1 is 1.09 bits per heavy atom. The van der Waals surface area contributed by atoms with Gasteiger partial charge in [0, 0.05) is 29.5 Å². The van der Waals surface area contributed by atoms with Crippen LogP contribution in [-0.4, -0.2) is 91.8 Å². The highest BCUT2D eigenvalue weighted by molar-refractivity contribution is 6.32. The quantitative estimate of drug-likeness (QED) is 0.281. The van der Waals surface area contributed by atoms with Crippen molar-refractivity contribution in [2.75, 3.05) is 21.1 Å². The number of halogens is 1. The van der Waals surface area contributed by atoms with E-state index in [1.54, 1.807) is 21.1 Å². The minimum atomic E-state index is -2.71. The Labute approximate surface area is 262 Å². The number of carbonyl (C=O) groups is 4. The molecule has 44 heavy (non-hydrogen) atoms. The van der Waals surface area contributed by atoms with Crippen LogP contribution in [0.3, 0.4) is 0 Å². The van der Waals surface area contributed by atoms with Crippen LogP contribution in [0.1, 0.15) is 64.2 Å². The van der Waals surface area contributed by atoms with Crippen molar-refractivity contribution < 1.29 is 39.6 Å². The van der Waals surface area contributed by atoms with Gasteiger partial charge < -0.3 is 26.2 Å². The topological polar surface area (TPSA) is 182 Å². The third kappa shape index (κ3) is 5.13. The van der Waals surface area contributed by atoms with E-state index in [0.717, 1.165) is 0 Å². The molecular formula is C32H42ClN3O8. The van der Waals surface area contributed by atoms with Crippen LogP contribution in [0, 0.1) is 17.3 Å². The lowest BCUT2D eigenvalue weighted by molar-refractivity contribution is -0.153. The summed E-state index contributed by atoms with van der Waals surface area (Å²) < 4.78 is 0. The summed E-state index contributed by atoms with van der Waals surface area (Å²) in [7, 11) is 4.86. The van der Waals surface area contributed by atoms with Crippen LogP contribution < -0.4 is 5.73 Å². The van der Waals surface area contributed by atoms with Gasteiger partial charge in [0.1, 0.15) is 22.8 Å². The lowest BCUT2D eigenvalue weighted by atomic mass is 9.57. The van der Waals surface area contributed by atoms with Gasteiger partial charge in [0.25, 0.3) is 5.91 Å². The number of ketones is 3. The molecule has 0 aliphatic heterocycles. The number of carbonyl (C=O) groups excluding carboxylic acids is 4. The van der Waals surface area contributed by atoms with E-state index in [4.69, 9.17) is 17.3 Å². The van der Waals surface area contributed by atoms with E-state index >= 15 is 0 Å². The summed E-state index contributed by atoms with van der Waals surface area (Å²) in [6.07, 6.45) is 0.395. The zero-order valence-corrected chi connectivity index (χ0v) is 27.2. The number of amides is 1. The van der Waals surface area contributed by atoms with E-state index in [1.807, 2.05) is 39.5 Å². The average Bonchev–Trinajstić information content (AvgIpc) is 2.87. The van der Waals surface area contributed by atoms with Gasteiger partial charge in [0.05, 0.1) is 17.1 Å². The normalized spacial score (nSPS) is 25.8. The largest absolute Gasteiger partial charge is 0.508 e. The minimum absolute atomic E-state index is 0.0403. The summed E-state index contributed by atoms with van der Waals surface area (Å²) in [5, 5.41) is 45.5. The minimum Gasteiger partial charge on any atom is -0.508 e. The van der Waals surface area contributed by atoms with Crippen molar-refractivity contribution >= 4 is 40.6 Å². The number of nitrogens with zero attached hydrogens (tertiary/aromatic N) is 2. The van der Waals surface area contributed by atoms with Gasteiger partial charge in [0.2, 0.25) is 5.78 Å². The third-order valence-corrected chi connectivity index (χ3v) is 9.93. The highest BCUT2D eigenvalue weighted by Gasteiger charge is 2.64. The molecule has 4 atom stereocenters. The fourth-order valence-electron chi connectivity index (χ4n) is 6.83. The predicted octanol–water partition coefficient (Wildman–Crippen LogP) is 2.83. The van der Waals surface area contributed by atoms with Crippen molar-refractivity contribution in [1.29, 1.82) is 0 Å². The highest BCUT2D eigenvalue weighted by Crippen LogP contribution is 2.53. The Bertz CT molecular complexity index is 1540. The molecule has 0 heterocycles. The molecule has 0 radical (unpaired) electrons. The van der Waals surface area contributed by atoms with E-state index in [1.165, 1.54) is 11.0 Å². The molecule has 0 saturated heterocycles. The summed E-state index contributed by atoms with van der Waals surface area (Å²) in [4.78, 5) is 55.8. The number of phenolic OH excluding ortho intramolecular Hbond substituents is 1. The maximum atomic E-state index is 14.0. The maximum Gasteiger partial charge on any atom is 0.255 e. The van der Waals surface area contributed by atoms with Crippen molar-refractivity contribution in [3.8, 4) is 5.75 Å². The second-order valence-corrected chi connectivity index (χ2v) is 14.6. The van der Waals surface area contributed by atoms with Crippen molar-refractivity contribution in [2.45, 2.75) is 77.6 Å². The van der Waals surface area contributed by atoms with Gasteiger partial charge in [-0.1, -0.05) is 32.4 Å². The van der Waals surface area contributed by atoms with Crippen LogP contribution in [0.2, 0.25) is 5.02 Å². The first-order chi connectivity index (χ1) is 20.1. The number of hydrogen-bond acceptors (Lipinski definition) is 10. The number of likely N-dealkylation sites (N-methyl/N-ethyl adjacent to an activating group) is 2. The second kappa shape index (κ2) is 11.0. The van der Waals surface area contributed by atoms with E-state index in [2.05, 4.69) is 0 Å². The molecule has 3 aliphatic rings. The fourth-order valence-corrected chi connectivity index (χ4v) is 7.11. The van der Waals surface area contributed by atoms with E-state index in [-0.39, 0.29) is 52.5 Å². The number of aliphatic hydroxyl groups is 3. The Kier molecular flexibility index (Phi) is 8.39. The molecule has 0 unspecified atom stereocenters. The summed E-state index contributed by atoms with van der Waals surface area (Å²) in [6, 6.07) is 0.192. The monoisotopic (exact) mass is 631 g/mol. The SMILES string of the molecule is CN(C)[C@@H]1C(=O)C(C(N)=O)=C(O)[C@@]2(O)C(=O)C3=C(O)c4c(O)cc(CN(C)C(C)(C)C(=O)CC(C)(C)C)c(Cl)c4C[C@H]3C[C@@H]12. The van der Waals surface area contributed by atoms with Crippen LogP contribution in [0.5, 0.6) is 5.75 Å². The van der Waals surface area contributed by atoms with Crippen LogP contribution in [0.25, 0.3) is 5.76 Å². The lowest BCUT2D eigenvalue weighted by Crippen LogP contribution is -2.65. The first-order valence-corrected chi connectivity index (χ1v) is 14.9. The number of phenols is 1. The van der Waals surface area contributed by atoms with Crippen molar-refractivity contribution in [1.82, 2.24) is 9.80 Å². The van der Waals surface area contributed by atoms with Gasteiger partial charge in [-0.05, 0) is 76.4 Å². The number of fused-ring (bicyclic) bond motifs is 3. The molecule has 1 amide bonds. The number of rotatable bonds is 7. The fraction of sp³-hybridized carbons (Fsp3) is 0.562. The molecule has 12 heteroatoms. The molecular weight excluding hydrogens is 590 g/mol. The molecule has 240 valence electrons. The van der Waals surface area contributed by atoms with Gasteiger partial charge >= 0.3 is 0 Å². The van der Waals surface area contributed by atoms with E-state index in [0.29, 0.717) is 17.5 Å². The molecule has 0 bridgehead atoms. The third-order valence-electron chi connectivity index (χ3n) is 9.46. The number of aromatic hydroxyl groups is 1. The molecule has 0 spiro atoms. The number of Topliss-reactive ketones (excluding diaryl/α,β-unsaturated/α-hetero) is 3. The molecule has 3 aliphatic carbocycles. The highest BCUT2D eigenvalue weighted by atomic mass is 35.5. The molecule has 1 aromatic rings. The molecule has 1 saturated carbocycles. The zero-order valence-electron chi connectivity index (χ0n) is 26.4. The predicted molar refractivity (Wildman–Crippen MR) is 164 cm³/mol. The molecule has 1 aromatic carbocycles. The zero-order chi connectivity index (χ0) is 33.4. The smallest absolute Gasteiger partial charge is 0.255 e. The van der Waals surface area contributed by atoms with E-state index in [9.17, 15) is 39.6 Å². The van der Waals surface area contributed by atoms with Gasteiger partial charge in [0.15, 0.2) is 17.2 Å². The summed E-state index contributed by atoms with van der Waals surface area (Å²) in [5.41, 5.74) is 1.28. The van der Waals surface area contributed by atoms with Crippen molar-refractivity contribution in [3.05, 3.63) is 44.7 Å². The lowest BCUT2D eigenvalue weighted by Gasteiger charge is -2.50. The number of primary amides is 1. The molecule has 1 fully saturated rings.